The number of carbonyl (C=O) groups is 1. The van der Waals surface area contributed by atoms with Crippen LogP contribution < -0.4 is 10.5 Å². The van der Waals surface area contributed by atoms with Gasteiger partial charge in [0, 0.05) is 10.6 Å². The molecule has 3 rings (SSSR count). The van der Waals surface area contributed by atoms with Gasteiger partial charge < -0.3 is 15.3 Å². The van der Waals surface area contributed by atoms with E-state index in [1.165, 1.54) is 0 Å². The Morgan fingerprint density at radius 3 is 2.22 bits per heavy atom. The lowest BCUT2D eigenvalue weighted by atomic mass is 10.1. The first kappa shape index (κ1) is 18.5. The van der Waals surface area contributed by atoms with E-state index in [1.54, 1.807) is 60.7 Å². The van der Waals surface area contributed by atoms with Crippen molar-refractivity contribution < 1.29 is 14.4 Å². The lowest BCUT2D eigenvalue weighted by Gasteiger charge is -2.07. The van der Waals surface area contributed by atoms with Crippen LogP contribution in [0.5, 0.6) is 5.75 Å². The molecule has 0 radical (unpaired) electrons. The van der Waals surface area contributed by atoms with Crippen LogP contribution in [0.2, 0.25) is 5.02 Å². The highest BCUT2D eigenvalue weighted by molar-refractivity contribution is 6.30. The SMILES string of the molecule is N/C(=N\OC(=O)c1ccc(COc2ccc(Cl)cc2)cc1)c1ccccc1. The molecule has 0 fully saturated rings. The third kappa shape index (κ3) is 5.33. The van der Waals surface area contributed by atoms with Crippen molar-refractivity contribution >= 4 is 23.4 Å². The molecule has 0 saturated carbocycles. The number of rotatable bonds is 6. The molecule has 0 spiro atoms. The summed E-state index contributed by atoms with van der Waals surface area (Å²) < 4.78 is 5.66. The average molecular weight is 381 g/mol. The van der Waals surface area contributed by atoms with Gasteiger partial charge in [-0.1, -0.05) is 59.2 Å². The van der Waals surface area contributed by atoms with Crippen molar-refractivity contribution in [2.45, 2.75) is 6.61 Å². The van der Waals surface area contributed by atoms with Crippen molar-refractivity contribution in [3.05, 3.63) is 101 Å². The lowest BCUT2D eigenvalue weighted by Crippen LogP contribution is -2.15. The van der Waals surface area contributed by atoms with Crippen LogP contribution in [-0.2, 0) is 11.4 Å². The Labute approximate surface area is 162 Å². The number of halogens is 1. The molecule has 5 nitrogen and oxygen atoms in total. The van der Waals surface area contributed by atoms with Crippen LogP contribution in [0.1, 0.15) is 21.5 Å². The van der Waals surface area contributed by atoms with Gasteiger partial charge in [-0.3, -0.25) is 0 Å². The van der Waals surface area contributed by atoms with Crippen LogP contribution in [0.25, 0.3) is 0 Å². The minimum absolute atomic E-state index is 0.136. The first-order chi connectivity index (χ1) is 13.1. The van der Waals surface area contributed by atoms with Crippen LogP contribution in [0.15, 0.2) is 84.0 Å². The quantitative estimate of drug-likeness (QED) is 0.298. The van der Waals surface area contributed by atoms with Gasteiger partial charge in [0.2, 0.25) is 0 Å². The number of benzene rings is 3. The molecule has 0 aromatic heterocycles. The molecule has 0 saturated heterocycles. The van der Waals surface area contributed by atoms with Crippen molar-refractivity contribution in [2.75, 3.05) is 0 Å². The summed E-state index contributed by atoms with van der Waals surface area (Å²) in [4.78, 5) is 17.0. The first-order valence-corrected chi connectivity index (χ1v) is 8.57. The van der Waals surface area contributed by atoms with Crippen molar-refractivity contribution in [3.63, 3.8) is 0 Å². The van der Waals surface area contributed by atoms with Gasteiger partial charge >= 0.3 is 5.97 Å². The maximum absolute atomic E-state index is 12.1. The minimum atomic E-state index is -0.584. The summed E-state index contributed by atoms with van der Waals surface area (Å²) in [5, 5.41) is 4.34. The molecule has 0 bridgehead atoms. The first-order valence-electron chi connectivity index (χ1n) is 8.19. The predicted molar refractivity (Wildman–Crippen MR) is 105 cm³/mol. The van der Waals surface area contributed by atoms with E-state index in [2.05, 4.69) is 5.16 Å². The summed E-state index contributed by atoms with van der Waals surface area (Å²) in [7, 11) is 0. The molecule has 0 aliphatic heterocycles. The molecular formula is C21H17ClN2O3. The summed E-state index contributed by atoms with van der Waals surface area (Å²) in [6, 6.07) is 23.1. The van der Waals surface area contributed by atoms with Crippen LogP contribution in [-0.4, -0.2) is 11.8 Å². The molecule has 0 amide bonds. The number of hydrogen-bond donors (Lipinski definition) is 1. The molecule has 2 N–H and O–H groups in total. The summed E-state index contributed by atoms with van der Waals surface area (Å²) in [5.74, 6) is 0.268. The Hall–Kier alpha value is -3.31. The van der Waals surface area contributed by atoms with E-state index in [4.69, 9.17) is 26.9 Å². The topological polar surface area (TPSA) is 73.9 Å². The fourth-order valence-corrected chi connectivity index (χ4v) is 2.37. The molecule has 3 aromatic carbocycles. The average Bonchev–Trinajstić information content (AvgIpc) is 2.72. The van der Waals surface area contributed by atoms with Gasteiger partial charge in [0.05, 0.1) is 5.56 Å². The Balaban J connectivity index is 1.56. The second-order valence-corrected chi connectivity index (χ2v) is 6.10. The summed E-state index contributed by atoms with van der Waals surface area (Å²) in [5.41, 5.74) is 7.76. The van der Waals surface area contributed by atoms with E-state index >= 15 is 0 Å². The van der Waals surface area contributed by atoms with Gasteiger partial charge in [-0.05, 0) is 42.0 Å². The van der Waals surface area contributed by atoms with Crippen LogP contribution in [0, 0.1) is 0 Å². The fourth-order valence-electron chi connectivity index (χ4n) is 2.24. The molecule has 27 heavy (non-hydrogen) atoms. The highest BCUT2D eigenvalue weighted by Gasteiger charge is 2.08. The maximum Gasteiger partial charge on any atom is 0.365 e. The Kier molecular flexibility index (Phi) is 6.07. The molecule has 136 valence electrons. The van der Waals surface area contributed by atoms with E-state index in [-0.39, 0.29) is 5.84 Å². The van der Waals surface area contributed by atoms with Crippen LogP contribution >= 0.6 is 11.6 Å². The zero-order valence-electron chi connectivity index (χ0n) is 14.3. The third-order valence-electron chi connectivity index (χ3n) is 3.71. The van der Waals surface area contributed by atoms with Crippen molar-refractivity contribution in [3.8, 4) is 5.75 Å². The number of nitrogens with zero attached hydrogens (tertiary/aromatic N) is 1. The number of hydrogen-bond acceptors (Lipinski definition) is 4. The highest BCUT2D eigenvalue weighted by atomic mass is 35.5. The molecular weight excluding hydrogens is 364 g/mol. The number of oxime groups is 1. The van der Waals surface area contributed by atoms with Gasteiger partial charge in [0.15, 0.2) is 5.84 Å². The second-order valence-electron chi connectivity index (χ2n) is 5.66. The Bertz CT molecular complexity index is 924. The highest BCUT2D eigenvalue weighted by Crippen LogP contribution is 2.17. The van der Waals surface area contributed by atoms with Gasteiger partial charge in [0.1, 0.15) is 12.4 Å². The third-order valence-corrected chi connectivity index (χ3v) is 3.96. The second kappa shape index (κ2) is 8.87. The lowest BCUT2D eigenvalue weighted by molar-refractivity contribution is 0.0516. The van der Waals surface area contributed by atoms with E-state index in [0.29, 0.717) is 28.5 Å². The number of ether oxygens (including phenoxy) is 1. The molecule has 0 unspecified atom stereocenters. The molecule has 0 aliphatic carbocycles. The monoisotopic (exact) mass is 380 g/mol. The van der Waals surface area contributed by atoms with Crippen LogP contribution in [0.4, 0.5) is 0 Å². The summed E-state index contributed by atoms with van der Waals surface area (Å²) >= 11 is 5.84. The largest absolute Gasteiger partial charge is 0.489 e. The number of nitrogens with two attached hydrogens (primary N) is 1. The molecule has 0 atom stereocenters. The normalized spacial score (nSPS) is 11.1. The van der Waals surface area contributed by atoms with Crippen molar-refractivity contribution in [1.82, 2.24) is 0 Å². The van der Waals surface area contributed by atoms with Crippen molar-refractivity contribution in [2.24, 2.45) is 10.9 Å². The smallest absolute Gasteiger partial charge is 0.365 e. The molecule has 3 aromatic rings. The standard InChI is InChI=1S/C21H17ClN2O3/c22-18-10-12-19(13-11-18)26-14-15-6-8-17(9-7-15)21(25)27-24-20(23)16-4-2-1-3-5-16/h1-13H,14H2,(H2,23,24). The summed E-state index contributed by atoms with van der Waals surface area (Å²) in [6.45, 7) is 0.371. The van der Waals surface area contributed by atoms with Gasteiger partial charge in [-0.15, -0.1) is 0 Å². The van der Waals surface area contributed by atoms with E-state index in [9.17, 15) is 4.79 Å². The number of amidine groups is 1. The minimum Gasteiger partial charge on any atom is -0.489 e. The summed E-state index contributed by atoms with van der Waals surface area (Å²) in [6.07, 6.45) is 0. The number of carbonyl (C=O) groups excluding carboxylic acids is 1. The van der Waals surface area contributed by atoms with E-state index in [0.717, 1.165) is 5.56 Å². The maximum atomic E-state index is 12.1. The van der Waals surface area contributed by atoms with E-state index in [1.807, 2.05) is 18.2 Å². The predicted octanol–water partition coefficient (Wildman–Crippen LogP) is 4.40. The van der Waals surface area contributed by atoms with Crippen LogP contribution in [0.3, 0.4) is 0 Å². The molecule has 0 aliphatic rings. The zero-order chi connectivity index (χ0) is 19.1. The molecule has 0 heterocycles. The fraction of sp³-hybridized carbons (Fsp3) is 0.0476. The Morgan fingerprint density at radius 2 is 1.56 bits per heavy atom. The Morgan fingerprint density at radius 1 is 0.889 bits per heavy atom. The van der Waals surface area contributed by atoms with Gasteiger partial charge in [-0.2, -0.15) is 0 Å². The van der Waals surface area contributed by atoms with Gasteiger partial charge in [0.25, 0.3) is 0 Å². The van der Waals surface area contributed by atoms with Gasteiger partial charge in [-0.25, -0.2) is 4.79 Å². The van der Waals surface area contributed by atoms with Crippen molar-refractivity contribution in [1.29, 1.82) is 0 Å². The van der Waals surface area contributed by atoms with E-state index < -0.39 is 5.97 Å². The zero-order valence-corrected chi connectivity index (χ0v) is 15.1. The molecule has 6 heteroatoms.